The first-order valence-corrected chi connectivity index (χ1v) is 5.18. The zero-order valence-corrected chi connectivity index (χ0v) is 10.3. The third-order valence-electron chi connectivity index (χ3n) is 1.45. The molecule has 0 aliphatic heterocycles. The first-order chi connectivity index (χ1) is 5.04. The van der Waals surface area contributed by atoms with Gasteiger partial charge in [0, 0.05) is 13.7 Å². The third-order valence-corrected chi connectivity index (χ3v) is 3.69. The summed E-state index contributed by atoms with van der Waals surface area (Å²) in [4.78, 5) is 0. The van der Waals surface area contributed by atoms with E-state index >= 15 is 0 Å². The van der Waals surface area contributed by atoms with Gasteiger partial charge >= 0.3 is 0 Å². The lowest BCUT2D eigenvalue weighted by molar-refractivity contribution is 1.43. The summed E-state index contributed by atoms with van der Waals surface area (Å²) in [6.45, 7) is 1.91. The summed E-state index contributed by atoms with van der Waals surface area (Å²) in [6.07, 6.45) is 0. The Hall–Kier alpha value is 0.520. The molecular formula is C7H6BrClIN. The van der Waals surface area contributed by atoms with Crippen molar-refractivity contribution >= 4 is 55.8 Å². The van der Waals surface area contributed by atoms with Gasteiger partial charge in [-0.25, -0.2) is 0 Å². The molecule has 1 rings (SSSR count). The lowest BCUT2D eigenvalue weighted by Crippen LogP contribution is -1.94. The van der Waals surface area contributed by atoms with Gasteiger partial charge < -0.3 is 5.73 Å². The van der Waals surface area contributed by atoms with Crippen molar-refractivity contribution in [3.8, 4) is 0 Å². The van der Waals surface area contributed by atoms with Gasteiger partial charge in [0.1, 0.15) is 0 Å². The van der Waals surface area contributed by atoms with Crippen LogP contribution < -0.4 is 5.73 Å². The fraction of sp³-hybridized carbons (Fsp3) is 0.143. The van der Waals surface area contributed by atoms with Gasteiger partial charge in [-0.3, -0.25) is 0 Å². The van der Waals surface area contributed by atoms with Crippen LogP contribution in [0.2, 0.25) is 5.02 Å². The maximum Gasteiger partial charge on any atom is 0.0598 e. The number of hydrogen-bond donors (Lipinski definition) is 1. The van der Waals surface area contributed by atoms with Crippen molar-refractivity contribution < 1.29 is 0 Å². The van der Waals surface area contributed by atoms with Crippen LogP contribution in [0.1, 0.15) is 5.56 Å². The molecule has 0 amide bonds. The second-order valence-electron chi connectivity index (χ2n) is 2.19. The molecule has 0 fully saturated rings. The highest BCUT2D eigenvalue weighted by Crippen LogP contribution is 2.33. The van der Waals surface area contributed by atoms with E-state index in [0.29, 0.717) is 5.02 Å². The van der Waals surface area contributed by atoms with Crippen LogP contribution in [0, 0.1) is 10.5 Å². The minimum atomic E-state index is 0.697. The summed E-state index contributed by atoms with van der Waals surface area (Å²) >= 11 is 11.4. The zero-order chi connectivity index (χ0) is 8.59. The van der Waals surface area contributed by atoms with E-state index in [1.165, 1.54) is 0 Å². The van der Waals surface area contributed by atoms with E-state index in [1.54, 1.807) is 0 Å². The molecule has 0 radical (unpaired) electrons. The molecule has 0 heterocycles. The first-order valence-electron chi connectivity index (χ1n) is 2.93. The number of nitrogens with two attached hydrogens (primary N) is 1. The van der Waals surface area contributed by atoms with E-state index in [4.69, 9.17) is 17.3 Å². The molecular weight excluding hydrogens is 340 g/mol. The Balaban J connectivity index is 3.46. The first kappa shape index (κ1) is 9.61. The number of benzene rings is 1. The highest BCUT2D eigenvalue weighted by atomic mass is 127. The maximum absolute atomic E-state index is 5.92. The van der Waals surface area contributed by atoms with Crippen LogP contribution in [0.5, 0.6) is 0 Å². The molecule has 0 unspecified atom stereocenters. The lowest BCUT2D eigenvalue weighted by Gasteiger charge is -2.06. The molecule has 0 aromatic heterocycles. The van der Waals surface area contributed by atoms with E-state index in [2.05, 4.69) is 38.5 Å². The van der Waals surface area contributed by atoms with Gasteiger partial charge in [-0.05, 0) is 57.1 Å². The highest BCUT2D eigenvalue weighted by molar-refractivity contribution is 14.1. The second-order valence-corrected chi connectivity index (χ2v) is 4.59. The Labute approximate surface area is 92.6 Å². The van der Waals surface area contributed by atoms with Crippen LogP contribution in [-0.2, 0) is 0 Å². The normalized spacial score (nSPS) is 10.2. The minimum Gasteiger partial charge on any atom is -0.398 e. The van der Waals surface area contributed by atoms with Crippen molar-refractivity contribution in [2.75, 3.05) is 5.73 Å². The molecule has 60 valence electrons. The largest absolute Gasteiger partial charge is 0.398 e. The van der Waals surface area contributed by atoms with Crippen LogP contribution in [0.3, 0.4) is 0 Å². The van der Waals surface area contributed by atoms with Crippen molar-refractivity contribution in [3.63, 3.8) is 0 Å². The average Bonchev–Trinajstić information content (AvgIpc) is 1.97. The number of rotatable bonds is 0. The average molecular weight is 346 g/mol. The summed E-state index contributed by atoms with van der Waals surface area (Å²) in [7, 11) is 0. The Morgan fingerprint density at radius 3 is 2.73 bits per heavy atom. The number of anilines is 1. The van der Waals surface area contributed by atoms with Crippen LogP contribution in [-0.4, -0.2) is 0 Å². The Bertz CT molecular complexity index is 275. The molecule has 0 bridgehead atoms. The van der Waals surface area contributed by atoms with Gasteiger partial charge in [0.05, 0.1) is 5.02 Å². The molecule has 0 spiro atoms. The van der Waals surface area contributed by atoms with Crippen LogP contribution in [0.15, 0.2) is 10.5 Å². The maximum atomic E-state index is 5.92. The monoisotopic (exact) mass is 345 g/mol. The predicted octanol–water partition coefficient (Wildman–Crippen LogP) is 3.60. The number of halogens is 3. The molecule has 11 heavy (non-hydrogen) atoms. The molecule has 4 heteroatoms. The SMILES string of the molecule is Cc1c(N)c(I)cc(Br)c1Cl. The molecule has 0 atom stereocenters. The van der Waals surface area contributed by atoms with Crippen molar-refractivity contribution in [3.05, 3.63) is 24.7 Å². The van der Waals surface area contributed by atoms with E-state index in [0.717, 1.165) is 19.3 Å². The van der Waals surface area contributed by atoms with Crippen molar-refractivity contribution in [2.45, 2.75) is 6.92 Å². The molecule has 1 nitrogen and oxygen atoms in total. The van der Waals surface area contributed by atoms with Crippen LogP contribution >= 0.6 is 50.1 Å². The van der Waals surface area contributed by atoms with E-state index in [-0.39, 0.29) is 0 Å². The fourth-order valence-electron chi connectivity index (χ4n) is 0.729. The Kier molecular flexibility index (Phi) is 3.05. The van der Waals surface area contributed by atoms with Crippen molar-refractivity contribution in [2.24, 2.45) is 0 Å². The smallest absolute Gasteiger partial charge is 0.0598 e. The topological polar surface area (TPSA) is 26.0 Å². The summed E-state index contributed by atoms with van der Waals surface area (Å²) in [6, 6.07) is 1.91. The summed E-state index contributed by atoms with van der Waals surface area (Å²) < 4.78 is 1.92. The minimum absolute atomic E-state index is 0.697. The van der Waals surface area contributed by atoms with E-state index in [1.807, 2.05) is 13.0 Å². The predicted molar refractivity (Wildman–Crippen MR) is 61.0 cm³/mol. The fourth-order valence-corrected chi connectivity index (χ4v) is 2.56. The number of hydrogen-bond acceptors (Lipinski definition) is 1. The summed E-state index contributed by atoms with van der Waals surface area (Å²) in [5.41, 5.74) is 7.44. The molecule has 1 aromatic rings. The van der Waals surface area contributed by atoms with Gasteiger partial charge in [-0.1, -0.05) is 11.6 Å². The summed E-state index contributed by atoms with van der Waals surface area (Å²) in [5, 5.41) is 0.697. The van der Waals surface area contributed by atoms with Crippen LogP contribution in [0.25, 0.3) is 0 Å². The van der Waals surface area contributed by atoms with Gasteiger partial charge in [0.25, 0.3) is 0 Å². The van der Waals surface area contributed by atoms with Crippen molar-refractivity contribution in [1.82, 2.24) is 0 Å². The molecule has 0 aliphatic carbocycles. The molecule has 2 N–H and O–H groups in total. The Morgan fingerprint density at radius 2 is 2.18 bits per heavy atom. The van der Waals surface area contributed by atoms with Gasteiger partial charge in [0.15, 0.2) is 0 Å². The molecule has 1 aromatic carbocycles. The van der Waals surface area contributed by atoms with Crippen molar-refractivity contribution in [1.29, 1.82) is 0 Å². The Morgan fingerprint density at radius 1 is 1.64 bits per heavy atom. The quantitative estimate of drug-likeness (QED) is 0.434. The van der Waals surface area contributed by atoms with E-state index in [9.17, 15) is 0 Å². The zero-order valence-electron chi connectivity index (χ0n) is 5.79. The van der Waals surface area contributed by atoms with E-state index < -0.39 is 0 Å². The third kappa shape index (κ3) is 1.81. The van der Waals surface area contributed by atoms with Gasteiger partial charge in [-0.15, -0.1) is 0 Å². The van der Waals surface area contributed by atoms with Gasteiger partial charge in [0.2, 0.25) is 0 Å². The lowest BCUT2D eigenvalue weighted by atomic mass is 10.2. The molecule has 0 saturated heterocycles. The molecule has 0 saturated carbocycles. The number of nitrogen functional groups attached to an aromatic ring is 1. The van der Waals surface area contributed by atoms with Gasteiger partial charge in [-0.2, -0.15) is 0 Å². The van der Waals surface area contributed by atoms with Crippen LogP contribution in [0.4, 0.5) is 5.69 Å². The highest BCUT2D eigenvalue weighted by Gasteiger charge is 2.07. The second kappa shape index (κ2) is 3.49. The molecule has 0 aliphatic rings. The standard InChI is InChI=1S/C7H6BrClIN/c1-3-6(9)4(8)2-5(10)7(3)11/h2H,11H2,1H3. The summed E-state index contributed by atoms with van der Waals surface area (Å²) in [5.74, 6) is 0.